The maximum absolute atomic E-state index is 11.3. The number of hydrogen-bond donors (Lipinski definition) is 3. The fourth-order valence-electron chi connectivity index (χ4n) is 1.55. The molecule has 0 aromatic carbocycles. The molecule has 0 aliphatic rings. The molecule has 0 saturated carbocycles. The van der Waals surface area contributed by atoms with Crippen molar-refractivity contribution in [2.24, 2.45) is 11.7 Å². The SMILES string of the molecule is CC(C)CCC(C)(NC(C)(C)C(N)=O)C(=O)O. The number of carbonyl (C=O) groups is 2. The lowest BCUT2D eigenvalue weighted by Gasteiger charge is -2.35. The van der Waals surface area contributed by atoms with Gasteiger partial charge in [-0.1, -0.05) is 13.8 Å². The van der Waals surface area contributed by atoms with Gasteiger partial charge in [-0.3, -0.25) is 14.9 Å². The Balaban J connectivity index is 4.85. The Kier molecular flexibility index (Phi) is 5.13. The average Bonchev–Trinajstić information content (AvgIpc) is 2.13. The van der Waals surface area contributed by atoms with E-state index in [9.17, 15) is 14.7 Å². The number of nitrogens with two attached hydrogens (primary N) is 1. The smallest absolute Gasteiger partial charge is 0.323 e. The lowest BCUT2D eigenvalue weighted by atomic mass is 9.88. The second-order valence-corrected chi connectivity index (χ2v) is 5.68. The number of aliphatic carboxylic acids is 1. The number of rotatable bonds is 7. The van der Waals surface area contributed by atoms with Crippen molar-refractivity contribution in [2.45, 2.75) is 58.5 Å². The number of hydrogen-bond acceptors (Lipinski definition) is 3. The summed E-state index contributed by atoms with van der Waals surface area (Å²) in [5.41, 5.74) is 3.07. The third-order valence-corrected chi connectivity index (χ3v) is 2.90. The number of amides is 1. The molecular formula is C12H24N2O3. The molecule has 0 aromatic heterocycles. The van der Waals surface area contributed by atoms with Crippen LogP contribution in [0.15, 0.2) is 0 Å². The van der Waals surface area contributed by atoms with E-state index in [4.69, 9.17) is 5.73 Å². The van der Waals surface area contributed by atoms with Crippen LogP contribution in [0.3, 0.4) is 0 Å². The summed E-state index contributed by atoms with van der Waals surface area (Å²) in [7, 11) is 0. The van der Waals surface area contributed by atoms with E-state index in [-0.39, 0.29) is 0 Å². The zero-order valence-corrected chi connectivity index (χ0v) is 11.3. The Labute approximate surface area is 103 Å². The van der Waals surface area contributed by atoms with Gasteiger partial charge in [0.25, 0.3) is 0 Å². The predicted octanol–water partition coefficient (Wildman–Crippen LogP) is 1.12. The second-order valence-electron chi connectivity index (χ2n) is 5.68. The van der Waals surface area contributed by atoms with Gasteiger partial charge in [0.2, 0.25) is 5.91 Å². The molecule has 4 N–H and O–H groups in total. The first-order valence-electron chi connectivity index (χ1n) is 5.84. The summed E-state index contributed by atoms with van der Waals surface area (Å²) in [4.78, 5) is 22.5. The van der Waals surface area contributed by atoms with Crippen LogP contribution < -0.4 is 11.1 Å². The number of carboxylic acid groups (broad SMARTS) is 1. The normalized spacial score (nSPS) is 15.6. The van der Waals surface area contributed by atoms with E-state index >= 15 is 0 Å². The molecule has 0 saturated heterocycles. The lowest BCUT2D eigenvalue weighted by Crippen LogP contribution is -2.62. The molecule has 17 heavy (non-hydrogen) atoms. The first-order chi connectivity index (χ1) is 7.51. The number of carboxylic acids is 1. The van der Waals surface area contributed by atoms with Crippen molar-refractivity contribution in [1.82, 2.24) is 5.32 Å². The predicted molar refractivity (Wildman–Crippen MR) is 66.5 cm³/mol. The zero-order valence-electron chi connectivity index (χ0n) is 11.3. The van der Waals surface area contributed by atoms with Gasteiger partial charge in [0, 0.05) is 0 Å². The summed E-state index contributed by atoms with van der Waals surface area (Å²) in [6, 6.07) is 0. The molecule has 0 fully saturated rings. The second kappa shape index (κ2) is 5.49. The maximum Gasteiger partial charge on any atom is 0.323 e. The molecule has 0 rings (SSSR count). The first-order valence-corrected chi connectivity index (χ1v) is 5.84. The molecule has 100 valence electrons. The van der Waals surface area contributed by atoms with E-state index < -0.39 is 23.0 Å². The van der Waals surface area contributed by atoms with Crippen LogP contribution in [-0.4, -0.2) is 28.1 Å². The van der Waals surface area contributed by atoms with Crippen molar-refractivity contribution >= 4 is 11.9 Å². The van der Waals surface area contributed by atoms with E-state index in [0.717, 1.165) is 6.42 Å². The van der Waals surface area contributed by atoms with Crippen molar-refractivity contribution in [3.05, 3.63) is 0 Å². The molecule has 0 spiro atoms. The van der Waals surface area contributed by atoms with Crippen LogP contribution >= 0.6 is 0 Å². The molecule has 0 heterocycles. The molecule has 0 bridgehead atoms. The van der Waals surface area contributed by atoms with Crippen molar-refractivity contribution < 1.29 is 14.7 Å². The highest BCUT2D eigenvalue weighted by Gasteiger charge is 2.40. The van der Waals surface area contributed by atoms with Crippen LogP contribution in [-0.2, 0) is 9.59 Å². The third-order valence-electron chi connectivity index (χ3n) is 2.90. The zero-order chi connectivity index (χ0) is 13.9. The Bertz CT molecular complexity index is 300. The molecular weight excluding hydrogens is 220 g/mol. The highest BCUT2D eigenvalue weighted by molar-refractivity contribution is 5.86. The van der Waals surface area contributed by atoms with Crippen LogP contribution in [0, 0.1) is 5.92 Å². The average molecular weight is 244 g/mol. The van der Waals surface area contributed by atoms with Crippen LogP contribution in [0.2, 0.25) is 0 Å². The van der Waals surface area contributed by atoms with Gasteiger partial charge in [0.05, 0.1) is 5.54 Å². The van der Waals surface area contributed by atoms with E-state index in [1.54, 1.807) is 20.8 Å². The number of nitrogens with one attached hydrogen (secondary N) is 1. The van der Waals surface area contributed by atoms with E-state index in [2.05, 4.69) is 5.32 Å². The summed E-state index contributed by atoms with van der Waals surface area (Å²) < 4.78 is 0. The highest BCUT2D eigenvalue weighted by Crippen LogP contribution is 2.20. The lowest BCUT2D eigenvalue weighted by molar-refractivity contribution is -0.146. The molecule has 1 atom stereocenters. The fourth-order valence-corrected chi connectivity index (χ4v) is 1.55. The quantitative estimate of drug-likeness (QED) is 0.625. The summed E-state index contributed by atoms with van der Waals surface area (Å²) in [6.07, 6.45) is 1.22. The maximum atomic E-state index is 11.3. The van der Waals surface area contributed by atoms with Gasteiger partial charge in [-0.15, -0.1) is 0 Å². The van der Waals surface area contributed by atoms with Crippen LogP contribution in [0.25, 0.3) is 0 Å². The summed E-state index contributed by atoms with van der Waals surface area (Å²) in [5.74, 6) is -1.12. The van der Waals surface area contributed by atoms with Crippen LogP contribution in [0.5, 0.6) is 0 Å². The highest BCUT2D eigenvalue weighted by atomic mass is 16.4. The van der Waals surface area contributed by atoms with Gasteiger partial charge in [-0.25, -0.2) is 0 Å². The Hall–Kier alpha value is -1.10. The Morgan fingerprint density at radius 3 is 2.06 bits per heavy atom. The van der Waals surface area contributed by atoms with Crippen molar-refractivity contribution in [3.63, 3.8) is 0 Å². The molecule has 0 aliphatic carbocycles. The monoisotopic (exact) mass is 244 g/mol. The number of carbonyl (C=O) groups excluding carboxylic acids is 1. The molecule has 1 amide bonds. The molecule has 0 radical (unpaired) electrons. The van der Waals surface area contributed by atoms with E-state index in [1.807, 2.05) is 13.8 Å². The summed E-state index contributed by atoms with van der Waals surface area (Å²) >= 11 is 0. The van der Waals surface area contributed by atoms with Crippen molar-refractivity contribution in [2.75, 3.05) is 0 Å². The van der Waals surface area contributed by atoms with Crippen molar-refractivity contribution in [1.29, 1.82) is 0 Å². The molecule has 1 unspecified atom stereocenters. The Morgan fingerprint density at radius 2 is 1.76 bits per heavy atom. The van der Waals surface area contributed by atoms with Crippen molar-refractivity contribution in [3.8, 4) is 0 Å². The first kappa shape index (κ1) is 15.9. The molecule has 0 aliphatic heterocycles. The molecule has 5 heteroatoms. The topological polar surface area (TPSA) is 92.4 Å². The van der Waals surface area contributed by atoms with E-state index in [0.29, 0.717) is 12.3 Å². The fraction of sp³-hybridized carbons (Fsp3) is 0.833. The number of primary amides is 1. The third kappa shape index (κ3) is 4.73. The minimum Gasteiger partial charge on any atom is -0.480 e. The van der Waals surface area contributed by atoms with Crippen LogP contribution in [0.1, 0.15) is 47.5 Å². The summed E-state index contributed by atoms with van der Waals surface area (Å²) in [6.45, 7) is 8.82. The Morgan fingerprint density at radius 1 is 1.29 bits per heavy atom. The largest absolute Gasteiger partial charge is 0.480 e. The molecule has 0 aromatic rings. The van der Waals surface area contributed by atoms with Gasteiger partial charge >= 0.3 is 5.97 Å². The van der Waals surface area contributed by atoms with Gasteiger partial charge in [0.1, 0.15) is 5.54 Å². The van der Waals surface area contributed by atoms with Gasteiger partial charge < -0.3 is 10.8 Å². The summed E-state index contributed by atoms with van der Waals surface area (Å²) in [5, 5.41) is 12.1. The standard InChI is InChI=1S/C12H24N2O3/c1-8(2)6-7-12(5,10(16)17)14-11(3,4)9(13)15/h8,14H,6-7H2,1-5H3,(H2,13,15)(H,16,17). The molecule has 5 nitrogen and oxygen atoms in total. The van der Waals surface area contributed by atoms with E-state index in [1.165, 1.54) is 0 Å². The van der Waals surface area contributed by atoms with Gasteiger partial charge in [0.15, 0.2) is 0 Å². The van der Waals surface area contributed by atoms with Gasteiger partial charge in [-0.2, -0.15) is 0 Å². The van der Waals surface area contributed by atoms with Gasteiger partial charge in [-0.05, 0) is 39.5 Å². The minimum absolute atomic E-state index is 0.409. The van der Waals surface area contributed by atoms with Crippen LogP contribution in [0.4, 0.5) is 0 Å². The minimum atomic E-state index is -1.14.